The van der Waals surface area contributed by atoms with E-state index in [4.69, 9.17) is 14.2 Å². The van der Waals surface area contributed by atoms with Crippen LogP contribution in [0.2, 0.25) is 0 Å². The van der Waals surface area contributed by atoms with Gasteiger partial charge in [-0.15, -0.1) is 0 Å². The van der Waals surface area contributed by atoms with E-state index in [9.17, 15) is 8.42 Å². The van der Waals surface area contributed by atoms with Gasteiger partial charge in [-0.25, -0.2) is 13.1 Å². The molecule has 0 bridgehead atoms. The lowest BCUT2D eigenvalue weighted by molar-refractivity contribution is 0.217. The van der Waals surface area contributed by atoms with E-state index in [1.165, 1.54) is 7.11 Å². The summed E-state index contributed by atoms with van der Waals surface area (Å²) in [6.45, 7) is 4.63. The average molecular weight is 345 g/mol. The van der Waals surface area contributed by atoms with Crippen LogP contribution in [0.3, 0.4) is 0 Å². The van der Waals surface area contributed by atoms with Crippen LogP contribution in [0.4, 0.5) is 0 Å². The smallest absolute Gasteiger partial charge is 0.213 e. The molecule has 0 saturated carbocycles. The van der Waals surface area contributed by atoms with Crippen molar-refractivity contribution in [2.24, 2.45) is 5.92 Å². The SMILES string of the molecule is COCCS(=O)(=O)NCC(c1ccc(OC)c(OC)c1)C(C)C. The van der Waals surface area contributed by atoms with E-state index in [0.717, 1.165) is 5.56 Å². The van der Waals surface area contributed by atoms with Gasteiger partial charge in [-0.1, -0.05) is 19.9 Å². The van der Waals surface area contributed by atoms with Crippen molar-refractivity contribution in [2.45, 2.75) is 19.8 Å². The zero-order valence-electron chi connectivity index (χ0n) is 14.5. The van der Waals surface area contributed by atoms with Crippen molar-refractivity contribution in [1.29, 1.82) is 0 Å². The standard InChI is InChI=1S/C16H27NO5S/c1-12(2)14(11-17-23(18,19)9-8-20-3)13-6-7-15(21-4)16(10-13)22-5/h6-7,10,12,14,17H,8-9,11H2,1-5H3. The zero-order chi connectivity index (χ0) is 17.5. The fourth-order valence-corrected chi connectivity index (χ4v) is 3.27. The van der Waals surface area contributed by atoms with Gasteiger partial charge in [0.1, 0.15) is 0 Å². The predicted octanol–water partition coefficient (Wildman–Crippen LogP) is 2.01. The number of nitrogens with one attached hydrogen (secondary N) is 1. The number of ether oxygens (including phenoxy) is 3. The Hall–Kier alpha value is -1.31. The molecule has 0 aliphatic heterocycles. The monoisotopic (exact) mass is 345 g/mol. The molecule has 0 aliphatic carbocycles. The maximum Gasteiger partial charge on any atom is 0.213 e. The first kappa shape index (κ1) is 19.7. The van der Waals surface area contributed by atoms with E-state index < -0.39 is 10.0 Å². The van der Waals surface area contributed by atoms with Crippen molar-refractivity contribution < 1.29 is 22.6 Å². The first-order valence-corrected chi connectivity index (χ1v) is 9.18. The minimum Gasteiger partial charge on any atom is -0.493 e. The Balaban J connectivity index is 2.91. The second-order valence-corrected chi connectivity index (χ2v) is 7.55. The van der Waals surface area contributed by atoms with Crippen LogP contribution in [0, 0.1) is 5.92 Å². The largest absolute Gasteiger partial charge is 0.493 e. The van der Waals surface area contributed by atoms with Crippen LogP contribution in [-0.2, 0) is 14.8 Å². The molecule has 0 spiro atoms. The van der Waals surface area contributed by atoms with E-state index in [1.807, 2.05) is 18.2 Å². The summed E-state index contributed by atoms with van der Waals surface area (Å²) in [5.74, 6) is 1.54. The Kier molecular flexibility index (Phi) is 7.81. The number of benzene rings is 1. The van der Waals surface area contributed by atoms with Gasteiger partial charge in [0.2, 0.25) is 10.0 Å². The highest BCUT2D eigenvalue weighted by molar-refractivity contribution is 7.89. The summed E-state index contributed by atoms with van der Waals surface area (Å²) in [5, 5.41) is 0. The molecule has 0 heterocycles. The van der Waals surface area contributed by atoms with Crippen LogP contribution >= 0.6 is 0 Å². The number of rotatable bonds is 10. The summed E-state index contributed by atoms with van der Waals surface area (Å²) >= 11 is 0. The molecule has 0 radical (unpaired) electrons. The van der Waals surface area contributed by atoms with E-state index >= 15 is 0 Å². The number of hydrogen-bond acceptors (Lipinski definition) is 5. The predicted molar refractivity (Wildman–Crippen MR) is 90.8 cm³/mol. The van der Waals surface area contributed by atoms with E-state index in [1.54, 1.807) is 14.2 Å². The van der Waals surface area contributed by atoms with Crippen molar-refractivity contribution >= 4 is 10.0 Å². The normalized spacial score (nSPS) is 13.1. The molecule has 0 aromatic heterocycles. The maximum absolute atomic E-state index is 11.9. The Labute approximate surface area is 139 Å². The Morgan fingerprint density at radius 3 is 2.26 bits per heavy atom. The molecule has 132 valence electrons. The van der Waals surface area contributed by atoms with Crippen molar-refractivity contribution in [1.82, 2.24) is 4.72 Å². The number of sulfonamides is 1. The van der Waals surface area contributed by atoms with Crippen molar-refractivity contribution in [3.05, 3.63) is 23.8 Å². The molecule has 0 saturated heterocycles. The van der Waals surface area contributed by atoms with E-state index in [2.05, 4.69) is 18.6 Å². The zero-order valence-corrected chi connectivity index (χ0v) is 15.3. The molecule has 1 aromatic carbocycles. The van der Waals surface area contributed by atoms with Gasteiger partial charge < -0.3 is 14.2 Å². The molecule has 23 heavy (non-hydrogen) atoms. The van der Waals surface area contributed by atoms with Gasteiger partial charge in [0.25, 0.3) is 0 Å². The first-order chi connectivity index (χ1) is 10.8. The third-order valence-electron chi connectivity index (χ3n) is 3.72. The minimum atomic E-state index is -3.34. The first-order valence-electron chi connectivity index (χ1n) is 7.52. The average Bonchev–Trinajstić information content (AvgIpc) is 2.52. The number of methoxy groups -OCH3 is 3. The summed E-state index contributed by atoms with van der Waals surface area (Å²) in [7, 11) is 1.31. The van der Waals surface area contributed by atoms with Crippen LogP contribution in [0.1, 0.15) is 25.3 Å². The van der Waals surface area contributed by atoms with Crippen molar-refractivity contribution in [3.8, 4) is 11.5 Å². The second kappa shape index (κ2) is 9.10. The molecule has 0 fully saturated rings. The van der Waals surface area contributed by atoms with Gasteiger partial charge in [-0.3, -0.25) is 0 Å². The van der Waals surface area contributed by atoms with E-state index in [-0.39, 0.29) is 24.2 Å². The Morgan fingerprint density at radius 1 is 1.09 bits per heavy atom. The highest BCUT2D eigenvalue weighted by Crippen LogP contribution is 2.33. The van der Waals surface area contributed by atoms with Gasteiger partial charge in [-0.2, -0.15) is 0 Å². The fourth-order valence-electron chi connectivity index (χ4n) is 2.30. The van der Waals surface area contributed by atoms with Crippen LogP contribution in [0.15, 0.2) is 18.2 Å². The molecule has 7 heteroatoms. The molecule has 1 aromatic rings. The third-order valence-corrected chi connectivity index (χ3v) is 5.03. The molecule has 6 nitrogen and oxygen atoms in total. The molecule has 1 N–H and O–H groups in total. The molecule has 1 unspecified atom stereocenters. The summed E-state index contributed by atoms with van der Waals surface area (Å²) in [5.41, 5.74) is 1.01. The quantitative estimate of drug-likeness (QED) is 0.702. The molecule has 0 amide bonds. The van der Waals surface area contributed by atoms with Crippen molar-refractivity contribution in [3.63, 3.8) is 0 Å². The summed E-state index contributed by atoms with van der Waals surface area (Å²) in [6, 6.07) is 5.67. The van der Waals surface area contributed by atoms with Crippen LogP contribution in [-0.4, -0.2) is 48.7 Å². The topological polar surface area (TPSA) is 73.9 Å². The summed E-state index contributed by atoms with van der Waals surface area (Å²) in [6.07, 6.45) is 0. The maximum atomic E-state index is 11.9. The summed E-state index contributed by atoms with van der Waals surface area (Å²) in [4.78, 5) is 0. The summed E-state index contributed by atoms with van der Waals surface area (Å²) < 4.78 is 41.9. The third kappa shape index (κ3) is 6.01. The number of hydrogen-bond donors (Lipinski definition) is 1. The fraction of sp³-hybridized carbons (Fsp3) is 0.625. The van der Waals surface area contributed by atoms with Gasteiger partial charge in [0.15, 0.2) is 11.5 Å². The van der Waals surface area contributed by atoms with E-state index in [0.29, 0.717) is 18.0 Å². The van der Waals surface area contributed by atoms with Crippen LogP contribution in [0.5, 0.6) is 11.5 Å². The second-order valence-electron chi connectivity index (χ2n) is 5.63. The molecule has 1 atom stereocenters. The highest BCUT2D eigenvalue weighted by atomic mass is 32.2. The van der Waals surface area contributed by atoms with Crippen LogP contribution < -0.4 is 14.2 Å². The van der Waals surface area contributed by atoms with Gasteiger partial charge in [-0.05, 0) is 29.5 Å². The van der Waals surface area contributed by atoms with Gasteiger partial charge in [0.05, 0.1) is 26.6 Å². The molecule has 0 aliphatic rings. The minimum absolute atomic E-state index is 0.0344. The van der Waals surface area contributed by atoms with Crippen molar-refractivity contribution in [2.75, 3.05) is 40.2 Å². The molecular formula is C16H27NO5S. The molecular weight excluding hydrogens is 318 g/mol. The van der Waals surface area contributed by atoms with Crippen LogP contribution in [0.25, 0.3) is 0 Å². The Bertz CT molecular complexity index is 586. The van der Waals surface area contributed by atoms with Gasteiger partial charge >= 0.3 is 0 Å². The van der Waals surface area contributed by atoms with Gasteiger partial charge in [0, 0.05) is 13.7 Å². The molecule has 1 rings (SSSR count). The lowest BCUT2D eigenvalue weighted by atomic mass is 9.88. The highest BCUT2D eigenvalue weighted by Gasteiger charge is 2.20. The lowest BCUT2D eigenvalue weighted by Gasteiger charge is -2.23. The Morgan fingerprint density at radius 2 is 1.74 bits per heavy atom. The lowest BCUT2D eigenvalue weighted by Crippen LogP contribution is -2.33.